The molecule has 5 heteroatoms. The number of benzene rings is 1. The summed E-state index contributed by atoms with van der Waals surface area (Å²) < 4.78 is 12.9. The normalized spacial score (nSPS) is 10.2. The Hall–Kier alpha value is -1.75. The Balaban J connectivity index is 1.85. The molecule has 3 nitrogen and oxygen atoms in total. The first-order valence-corrected chi connectivity index (χ1v) is 6.11. The van der Waals surface area contributed by atoms with E-state index in [2.05, 4.69) is 10.3 Å². The highest BCUT2D eigenvalue weighted by Gasteiger charge is 2.04. The maximum atomic E-state index is 12.9. The molecule has 17 heavy (non-hydrogen) atoms. The smallest absolute Gasteiger partial charge is 0.224 e. The third kappa shape index (κ3) is 3.64. The fourth-order valence-electron chi connectivity index (χ4n) is 1.39. The molecule has 1 aromatic carbocycles. The monoisotopic (exact) mass is 250 g/mol. The van der Waals surface area contributed by atoms with E-state index in [1.807, 2.05) is 5.38 Å². The molecule has 1 heterocycles. The lowest BCUT2D eigenvalue weighted by atomic mass is 10.2. The van der Waals surface area contributed by atoms with Crippen LogP contribution < -0.4 is 5.32 Å². The van der Waals surface area contributed by atoms with Crippen molar-refractivity contribution in [3.8, 4) is 0 Å². The molecule has 0 bridgehead atoms. The van der Waals surface area contributed by atoms with Crippen molar-refractivity contribution in [3.05, 3.63) is 46.7 Å². The maximum absolute atomic E-state index is 12.9. The van der Waals surface area contributed by atoms with Crippen LogP contribution in [0.5, 0.6) is 0 Å². The lowest BCUT2D eigenvalue weighted by Gasteiger charge is -2.04. The second-order valence-corrected chi connectivity index (χ2v) is 4.26. The molecule has 0 spiro atoms. The van der Waals surface area contributed by atoms with Gasteiger partial charge in [0.1, 0.15) is 5.82 Å². The Bertz CT molecular complexity index is 499. The van der Waals surface area contributed by atoms with Gasteiger partial charge in [0.25, 0.3) is 0 Å². The van der Waals surface area contributed by atoms with Crippen molar-refractivity contribution < 1.29 is 9.18 Å². The number of halogens is 1. The van der Waals surface area contributed by atoms with Crippen LogP contribution in [-0.2, 0) is 11.2 Å². The average Bonchev–Trinajstić information content (AvgIpc) is 2.79. The first kappa shape index (κ1) is 11.7. The van der Waals surface area contributed by atoms with Crippen LogP contribution in [0.15, 0.2) is 35.2 Å². The summed E-state index contributed by atoms with van der Waals surface area (Å²) >= 11 is 1.50. The molecule has 0 atom stereocenters. The third-order valence-electron chi connectivity index (χ3n) is 2.20. The second kappa shape index (κ2) is 5.54. The van der Waals surface area contributed by atoms with E-state index in [4.69, 9.17) is 0 Å². The fraction of sp³-hybridized carbons (Fsp3) is 0.167. The zero-order chi connectivity index (χ0) is 12.1. The van der Waals surface area contributed by atoms with Gasteiger partial charge in [-0.3, -0.25) is 4.79 Å². The Morgan fingerprint density at radius 2 is 2.35 bits per heavy atom. The Kier molecular flexibility index (Phi) is 3.82. The highest BCUT2D eigenvalue weighted by Crippen LogP contribution is 2.10. The van der Waals surface area contributed by atoms with E-state index in [1.54, 1.807) is 17.6 Å². The summed E-state index contributed by atoms with van der Waals surface area (Å²) in [6.45, 7) is 0. The zero-order valence-electron chi connectivity index (χ0n) is 9.02. The van der Waals surface area contributed by atoms with E-state index in [0.29, 0.717) is 18.5 Å². The van der Waals surface area contributed by atoms with Crippen molar-refractivity contribution in [2.75, 3.05) is 5.32 Å². The highest BCUT2D eigenvalue weighted by atomic mass is 32.1. The number of hydrogen-bond acceptors (Lipinski definition) is 3. The molecule has 0 fully saturated rings. The average molecular weight is 250 g/mol. The molecule has 1 amide bonds. The van der Waals surface area contributed by atoms with Crippen molar-refractivity contribution in [3.63, 3.8) is 0 Å². The van der Waals surface area contributed by atoms with Gasteiger partial charge in [-0.1, -0.05) is 6.07 Å². The summed E-state index contributed by atoms with van der Waals surface area (Å²) in [6, 6.07) is 5.85. The summed E-state index contributed by atoms with van der Waals surface area (Å²) in [5.41, 5.74) is 3.12. The van der Waals surface area contributed by atoms with Crippen molar-refractivity contribution in [1.29, 1.82) is 0 Å². The summed E-state index contributed by atoms with van der Waals surface area (Å²) in [5, 5.41) is 4.55. The minimum atomic E-state index is -0.359. The molecule has 1 N–H and O–H groups in total. The molecule has 2 aromatic rings. The first-order chi connectivity index (χ1) is 8.24. The van der Waals surface area contributed by atoms with E-state index in [1.165, 1.54) is 23.5 Å². The minimum absolute atomic E-state index is 0.136. The number of aromatic nitrogens is 1. The van der Waals surface area contributed by atoms with Crippen molar-refractivity contribution in [2.45, 2.75) is 12.8 Å². The van der Waals surface area contributed by atoms with Crippen LogP contribution in [0, 0.1) is 5.82 Å². The predicted octanol–water partition coefficient (Wildman–Crippen LogP) is 2.85. The number of carbonyl (C=O) groups is 1. The molecule has 0 aliphatic heterocycles. The topological polar surface area (TPSA) is 42.0 Å². The van der Waals surface area contributed by atoms with E-state index < -0.39 is 0 Å². The number of thiazole rings is 1. The van der Waals surface area contributed by atoms with Gasteiger partial charge in [-0.15, -0.1) is 11.3 Å². The SMILES string of the molecule is O=C(CCc1cscn1)Nc1cccc(F)c1. The van der Waals surface area contributed by atoms with Crippen molar-refractivity contribution in [1.82, 2.24) is 4.98 Å². The van der Waals surface area contributed by atoms with Gasteiger partial charge in [0.05, 0.1) is 11.2 Å². The molecule has 88 valence electrons. The Morgan fingerprint density at radius 1 is 1.47 bits per heavy atom. The van der Waals surface area contributed by atoms with Gasteiger partial charge < -0.3 is 5.32 Å². The lowest BCUT2D eigenvalue weighted by Crippen LogP contribution is -2.12. The van der Waals surface area contributed by atoms with Crippen LogP contribution >= 0.6 is 11.3 Å². The Labute approximate surface area is 102 Å². The summed E-state index contributed by atoms with van der Waals surface area (Å²) in [6.07, 6.45) is 0.949. The summed E-state index contributed by atoms with van der Waals surface area (Å²) in [5.74, 6) is -0.495. The largest absolute Gasteiger partial charge is 0.326 e. The third-order valence-corrected chi connectivity index (χ3v) is 2.84. The van der Waals surface area contributed by atoms with Gasteiger partial charge >= 0.3 is 0 Å². The fourth-order valence-corrected chi connectivity index (χ4v) is 1.99. The molecule has 0 aliphatic rings. The van der Waals surface area contributed by atoms with Crippen molar-refractivity contribution >= 4 is 22.9 Å². The number of hydrogen-bond donors (Lipinski definition) is 1. The quantitative estimate of drug-likeness (QED) is 0.906. The van der Waals surface area contributed by atoms with E-state index in [9.17, 15) is 9.18 Å². The van der Waals surface area contributed by atoms with E-state index >= 15 is 0 Å². The molecule has 0 aliphatic carbocycles. The molecule has 0 saturated heterocycles. The number of carbonyl (C=O) groups excluding carboxylic acids is 1. The number of rotatable bonds is 4. The molecular formula is C12H11FN2OS. The standard InChI is InChI=1S/C12H11FN2OS/c13-9-2-1-3-10(6-9)15-12(16)5-4-11-7-17-8-14-11/h1-3,6-8H,4-5H2,(H,15,16). The molecule has 0 saturated carbocycles. The van der Waals surface area contributed by atoms with Crippen LogP contribution in [0.3, 0.4) is 0 Å². The number of aryl methyl sites for hydroxylation is 1. The van der Waals surface area contributed by atoms with E-state index in [0.717, 1.165) is 5.69 Å². The second-order valence-electron chi connectivity index (χ2n) is 3.54. The van der Waals surface area contributed by atoms with Gasteiger partial charge in [0, 0.05) is 17.5 Å². The number of nitrogens with zero attached hydrogens (tertiary/aromatic N) is 1. The summed E-state index contributed by atoms with van der Waals surface area (Å²) in [7, 11) is 0. The number of nitrogens with one attached hydrogen (secondary N) is 1. The first-order valence-electron chi connectivity index (χ1n) is 5.16. The van der Waals surface area contributed by atoms with Crippen LogP contribution in [0.2, 0.25) is 0 Å². The summed E-state index contributed by atoms with van der Waals surface area (Å²) in [4.78, 5) is 15.6. The van der Waals surface area contributed by atoms with Crippen LogP contribution in [0.25, 0.3) is 0 Å². The minimum Gasteiger partial charge on any atom is -0.326 e. The number of amides is 1. The van der Waals surface area contributed by atoms with Crippen LogP contribution in [0.1, 0.15) is 12.1 Å². The van der Waals surface area contributed by atoms with Gasteiger partial charge in [-0.2, -0.15) is 0 Å². The van der Waals surface area contributed by atoms with Gasteiger partial charge in [-0.25, -0.2) is 9.37 Å². The molecule has 2 rings (SSSR count). The lowest BCUT2D eigenvalue weighted by molar-refractivity contribution is -0.116. The van der Waals surface area contributed by atoms with Gasteiger partial charge in [0.2, 0.25) is 5.91 Å². The predicted molar refractivity (Wildman–Crippen MR) is 65.5 cm³/mol. The molecule has 1 aromatic heterocycles. The van der Waals surface area contributed by atoms with E-state index in [-0.39, 0.29) is 11.7 Å². The van der Waals surface area contributed by atoms with Gasteiger partial charge in [-0.05, 0) is 24.6 Å². The molecule has 0 unspecified atom stereocenters. The van der Waals surface area contributed by atoms with Crippen LogP contribution in [0.4, 0.5) is 10.1 Å². The molecule has 0 radical (unpaired) electrons. The zero-order valence-corrected chi connectivity index (χ0v) is 9.84. The molecular weight excluding hydrogens is 239 g/mol. The highest BCUT2D eigenvalue weighted by molar-refractivity contribution is 7.07. The Morgan fingerprint density at radius 3 is 3.06 bits per heavy atom. The number of anilines is 1. The maximum Gasteiger partial charge on any atom is 0.224 e. The van der Waals surface area contributed by atoms with Gasteiger partial charge in [0.15, 0.2) is 0 Å². The van der Waals surface area contributed by atoms with Crippen LogP contribution in [-0.4, -0.2) is 10.9 Å². The van der Waals surface area contributed by atoms with Crippen molar-refractivity contribution in [2.24, 2.45) is 0 Å².